The maximum absolute atomic E-state index is 12.9. The molecule has 1 fully saturated rings. The minimum absolute atomic E-state index is 0.131. The molecule has 1 amide bonds. The van der Waals surface area contributed by atoms with Gasteiger partial charge < -0.3 is 10.1 Å². The molecule has 2 aromatic heterocycles. The molecule has 1 saturated carbocycles. The average Bonchev–Trinajstić information content (AvgIpc) is 3.21. The van der Waals surface area contributed by atoms with Crippen LogP contribution < -0.4 is 5.32 Å². The van der Waals surface area contributed by atoms with Gasteiger partial charge in [-0.15, -0.1) is 11.3 Å². The van der Waals surface area contributed by atoms with Crippen LogP contribution in [0.2, 0.25) is 4.34 Å². The van der Waals surface area contributed by atoms with Crippen molar-refractivity contribution in [1.82, 2.24) is 10.3 Å². The van der Waals surface area contributed by atoms with E-state index in [-0.39, 0.29) is 18.6 Å². The average molecular weight is 457 g/mol. The quantitative estimate of drug-likeness (QED) is 0.499. The number of carbonyl (C=O) groups excluding carboxylic acids is 2. The summed E-state index contributed by atoms with van der Waals surface area (Å²) in [5, 5.41) is 3.73. The number of halogens is 1. The first kappa shape index (κ1) is 21.8. The number of hydrogen-bond donors (Lipinski definition) is 1. The number of para-hydroxylation sites is 1. The molecular weight excluding hydrogens is 432 g/mol. The molecule has 3 atom stereocenters. The van der Waals surface area contributed by atoms with Crippen LogP contribution in [0.3, 0.4) is 0 Å². The molecule has 0 unspecified atom stereocenters. The van der Waals surface area contributed by atoms with Crippen molar-refractivity contribution in [3.63, 3.8) is 0 Å². The van der Waals surface area contributed by atoms with Gasteiger partial charge in [0.15, 0.2) is 6.61 Å². The second-order valence-corrected chi connectivity index (χ2v) is 9.91. The molecular formula is C24H25ClN2O3S. The second-order valence-electron chi connectivity index (χ2n) is 8.19. The number of nitrogens with one attached hydrogen (secondary N) is 1. The highest BCUT2D eigenvalue weighted by atomic mass is 35.5. The summed E-state index contributed by atoms with van der Waals surface area (Å²) in [4.78, 5) is 30.9. The number of esters is 1. The molecule has 0 radical (unpaired) electrons. The standard InChI is InChI=1S/C24H25ClN2O3S/c1-14-6-5-9-18(15(14)2)27-23(28)13-30-24(29)17-12-20(21-10-11-22(25)31-21)26-19-8-4-3-7-16(17)19/h3-4,7-8,10-12,14-15,18H,5-6,9,13H2,1-2H3,(H,27,28)/t14-,15+,18+/m0/s1. The van der Waals surface area contributed by atoms with Gasteiger partial charge in [-0.1, -0.05) is 56.5 Å². The van der Waals surface area contributed by atoms with Crippen molar-refractivity contribution in [1.29, 1.82) is 0 Å². The largest absolute Gasteiger partial charge is 0.452 e. The topological polar surface area (TPSA) is 68.3 Å². The van der Waals surface area contributed by atoms with Crippen molar-refractivity contribution in [3.8, 4) is 10.6 Å². The lowest BCUT2D eigenvalue weighted by atomic mass is 9.78. The number of carbonyl (C=O) groups is 2. The van der Waals surface area contributed by atoms with E-state index in [0.717, 1.165) is 17.7 Å². The van der Waals surface area contributed by atoms with Gasteiger partial charge in [0.1, 0.15) is 0 Å². The van der Waals surface area contributed by atoms with Crippen molar-refractivity contribution in [3.05, 3.63) is 52.4 Å². The Kier molecular flexibility index (Phi) is 6.58. The Hall–Kier alpha value is -2.44. The molecule has 0 spiro atoms. The number of hydrogen-bond acceptors (Lipinski definition) is 5. The summed E-state index contributed by atoms with van der Waals surface area (Å²) in [6.07, 6.45) is 3.26. The zero-order valence-electron chi connectivity index (χ0n) is 17.6. The predicted molar refractivity (Wildman–Crippen MR) is 124 cm³/mol. The van der Waals surface area contributed by atoms with Crippen molar-refractivity contribution in [2.45, 2.75) is 39.2 Å². The fourth-order valence-corrected chi connectivity index (χ4v) is 5.17. The third-order valence-electron chi connectivity index (χ3n) is 6.15. The maximum atomic E-state index is 12.9. The fourth-order valence-electron chi connectivity index (χ4n) is 4.17. The van der Waals surface area contributed by atoms with Gasteiger partial charge in [0.25, 0.3) is 5.91 Å². The second kappa shape index (κ2) is 9.37. The minimum Gasteiger partial charge on any atom is -0.452 e. The van der Waals surface area contributed by atoms with Crippen LogP contribution >= 0.6 is 22.9 Å². The molecule has 0 aliphatic heterocycles. The van der Waals surface area contributed by atoms with Gasteiger partial charge in [0, 0.05) is 11.4 Å². The molecule has 5 nitrogen and oxygen atoms in total. The van der Waals surface area contributed by atoms with E-state index in [0.29, 0.717) is 38.3 Å². The lowest BCUT2D eigenvalue weighted by Gasteiger charge is -2.34. The van der Waals surface area contributed by atoms with Gasteiger partial charge in [-0.25, -0.2) is 9.78 Å². The highest BCUT2D eigenvalue weighted by Crippen LogP contribution is 2.32. The lowest BCUT2D eigenvalue weighted by Crippen LogP contribution is -2.45. The predicted octanol–water partition coefficient (Wildman–Crippen LogP) is 5.71. The molecule has 1 N–H and O–H groups in total. The Morgan fingerprint density at radius 2 is 2.00 bits per heavy atom. The van der Waals surface area contributed by atoms with E-state index in [4.69, 9.17) is 16.3 Å². The number of fused-ring (bicyclic) bond motifs is 1. The number of amides is 1. The summed E-state index contributed by atoms with van der Waals surface area (Å²) in [6, 6.07) is 12.9. The molecule has 2 heterocycles. The van der Waals surface area contributed by atoms with E-state index in [1.54, 1.807) is 12.1 Å². The van der Waals surface area contributed by atoms with E-state index >= 15 is 0 Å². The van der Waals surface area contributed by atoms with Crippen LogP contribution in [-0.4, -0.2) is 29.5 Å². The number of rotatable bonds is 5. The molecule has 7 heteroatoms. The molecule has 0 saturated heterocycles. The van der Waals surface area contributed by atoms with Gasteiger partial charge in [-0.2, -0.15) is 0 Å². The zero-order chi connectivity index (χ0) is 22.0. The Morgan fingerprint density at radius 1 is 1.19 bits per heavy atom. The van der Waals surface area contributed by atoms with Gasteiger partial charge in [0.2, 0.25) is 0 Å². The number of thiophene rings is 1. The van der Waals surface area contributed by atoms with E-state index in [1.807, 2.05) is 30.3 Å². The molecule has 162 valence electrons. The Labute approximate surface area is 190 Å². The third kappa shape index (κ3) is 4.91. The van der Waals surface area contributed by atoms with Gasteiger partial charge >= 0.3 is 5.97 Å². The van der Waals surface area contributed by atoms with E-state index < -0.39 is 5.97 Å². The highest BCUT2D eigenvalue weighted by molar-refractivity contribution is 7.19. The van der Waals surface area contributed by atoms with Crippen molar-refractivity contribution >= 4 is 45.7 Å². The van der Waals surface area contributed by atoms with Crippen molar-refractivity contribution < 1.29 is 14.3 Å². The summed E-state index contributed by atoms with van der Waals surface area (Å²) >= 11 is 7.46. The van der Waals surface area contributed by atoms with Crippen LogP contribution in [0.5, 0.6) is 0 Å². The fraction of sp³-hybridized carbons (Fsp3) is 0.375. The Morgan fingerprint density at radius 3 is 2.77 bits per heavy atom. The first-order valence-electron chi connectivity index (χ1n) is 10.5. The monoisotopic (exact) mass is 456 g/mol. The Bertz CT molecular complexity index is 1110. The van der Waals surface area contributed by atoms with Crippen LogP contribution in [0.15, 0.2) is 42.5 Å². The van der Waals surface area contributed by atoms with Gasteiger partial charge in [-0.05, 0) is 42.5 Å². The van der Waals surface area contributed by atoms with Crippen LogP contribution in [-0.2, 0) is 9.53 Å². The summed E-state index contributed by atoms with van der Waals surface area (Å²) in [6.45, 7) is 4.09. The normalized spacial score (nSPS) is 21.1. The number of ether oxygens (including phenoxy) is 1. The van der Waals surface area contributed by atoms with E-state index in [9.17, 15) is 9.59 Å². The first-order chi connectivity index (χ1) is 14.9. The van der Waals surface area contributed by atoms with Crippen LogP contribution in [0.4, 0.5) is 0 Å². The third-order valence-corrected chi connectivity index (χ3v) is 7.40. The zero-order valence-corrected chi connectivity index (χ0v) is 19.1. The molecule has 31 heavy (non-hydrogen) atoms. The molecule has 1 aliphatic rings. The smallest absolute Gasteiger partial charge is 0.339 e. The van der Waals surface area contributed by atoms with Crippen LogP contribution in [0.1, 0.15) is 43.5 Å². The highest BCUT2D eigenvalue weighted by Gasteiger charge is 2.28. The van der Waals surface area contributed by atoms with Crippen LogP contribution in [0, 0.1) is 11.8 Å². The summed E-state index contributed by atoms with van der Waals surface area (Å²) in [5.74, 6) is 0.192. The SMILES string of the molecule is C[C@@H]1[C@@H](C)CCC[C@H]1NC(=O)COC(=O)c1cc(-c2ccc(Cl)s2)nc2ccccc12. The van der Waals surface area contributed by atoms with Crippen molar-refractivity contribution in [2.24, 2.45) is 11.8 Å². The molecule has 0 bridgehead atoms. The summed E-state index contributed by atoms with van der Waals surface area (Å²) in [5.41, 5.74) is 1.72. The summed E-state index contributed by atoms with van der Waals surface area (Å²) in [7, 11) is 0. The number of benzene rings is 1. The number of nitrogens with zero attached hydrogens (tertiary/aromatic N) is 1. The molecule has 1 aliphatic carbocycles. The van der Waals surface area contributed by atoms with Gasteiger partial charge in [0.05, 0.1) is 26.0 Å². The van der Waals surface area contributed by atoms with Crippen LogP contribution in [0.25, 0.3) is 21.5 Å². The first-order valence-corrected chi connectivity index (χ1v) is 11.7. The number of pyridine rings is 1. The maximum Gasteiger partial charge on any atom is 0.339 e. The number of aromatic nitrogens is 1. The molecule has 1 aromatic carbocycles. The Balaban J connectivity index is 1.50. The molecule has 4 rings (SSSR count). The van der Waals surface area contributed by atoms with E-state index in [2.05, 4.69) is 24.1 Å². The molecule has 3 aromatic rings. The lowest BCUT2D eigenvalue weighted by molar-refractivity contribution is -0.125. The minimum atomic E-state index is -0.539. The van der Waals surface area contributed by atoms with Gasteiger partial charge in [-0.3, -0.25) is 4.79 Å². The summed E-state index contributed by atoms with van der Waals surface area (Å²) < 4.78 is 6.05. The van der Waals surface area contributed by atoms with E-state index in [1.165, 1.54) is 17.8 Å². The van der Waals surface area contributed by atoms with Crippen molar-refractivity contribution in [2.75, 3.05) is 6.61 Å².